The molecule has 0 aliphatic carbocycles. The monoisotopic (exact) mass is 508 g/mol. The summed E-state index contributed by atoms with van der Waals surface area (Å²) in [5.41, 5.74) is 5.14. The van der Waals surface area contributed by atoms with Gasteiger partial charge in [0.25, 0.3) is 0 Å². The van der Waals surface area contributed by atoms with Crippen molar-refractivity contribution in [2.75, 3.05) is 13.2 Å². The van der Waals surface area contributed by atoms with Crippen molar-refractivity contribution in [1.29, 1.82) is 0 Å². The van der Waals surface area contributed by atoms with E-state index in [1.165, 1.54) is 6.92 Å². The molecule has 10 N–H and O–H groups in total. The first-order valence-electron chi connectivity index (χ1n) is 10.4. The van der Waals surface area contributed by atoms with E-state index >= 15 is 0 Å². The second-order valence-electron chi connectivity index (χ2n) is 7.50. The van der Waals surface area contributed by atoms with Crippen LogP contribution in [0.3, 0.4) is 0 Å². The van der Waals surface area contributed by atoms with Gasteiger partial charge in [-0.05, 0) is 20.3 Å². The lowest BCUT2D eigenvalue weighted by molar-refractivity contribution is -0.158. The summed E-state index contributed by atoms with van der Waals surface area (Å²) in [6.07, 6.45) is -7.66. The fourth-order valence-corrected chi connectivity index (χ4v) is 2.67. The van der Waals surface area contributed by atoms with Crippen molar-refractivity contribution in [2.24, 2.45) is 5.73 Å². The highest BCUT2D eigenvalue weighted by Gasteiger charge is 2.37. The molecule has 4 amide bonds. The molecule has 0 aromatic carbocycles. The number of rotatable bonds is 17. The van der Waals surface area contributed by atoms with E-state index in [9.17, 15) is 39.0 Å². The molecule has 7 atom stereocenters. The van der Waals surface area contributed by atoms with Crippen LogP contribution < -0.4 is 21.7 Å². The second-order valence-corrected chi connectivity index (χ2v) is 7.50. The molecule has 0 aromatic rings. The van der Waals surface area contributed by atoms with Crippen molar-refractivity contribution in [3.05, 3.63) is 0 Å². The maximum atomic E-state index is 12.5. The fourth-order valence-electron chi connectivity index (χ4n) is 2.67. The Balaban J connectivity index is 5.33. The van der Waals surface area contributed by atoms with Crippen LogP contribution in [0.4, 0.5) is 0 Å². The summed E-state index contributed by atoms with van der Waals surface area (Å²) in [6.45, 7) is 0.408. The lowest BCUT2D eigenvalue weighted by Crippen LogP contribution is -2.58. The van der Waals surface area contributed by atoms with Crippen LogP contribution in [0.15, 0.2) is 0 Å². The Morgan fingerprint density at radius 1 is 1.00 bits per heavy atom. The number of aldehydes is 1. The first-order valence-corrected chi connectivity index (χ1v) is 10.4. The summed E-state index contributed by atoms with van der Waals surface area (Å²) < 4.78 is 5.33. The SMILES string of the molecule is CC(NC(=O)C(C)O[C@@H]([C@H](O)[C@H](O)CO)[C@H](C=O)NC(=O)CO)C(=O)NC(CCC(=O)O)C(N)=O. The van der Waals surface area contributed by atoms with Gasteiger partial charge in [0.1, 0.15) is 55.4 Å². The predicted molar refractivity (Wildman–Crippen MR) is 114 cm³/mol. The van der Waals surface area contributed by atoms with Crippen molar-refractivity contribution in [3.8, 4) is 0 Å². The Kier molecular flexibility index (Phi) is 14.2. The van der Waals surface area contributed by atoms with Gasteiger partial charge in [-0.2, -0.15) is 0 Å². The molecule has 35 heavy (non-hydrogen) atoms. The molecule has 0 saturated heterocycles. The van der Waals surface area contributed by atoms with Crippen LogP contribution >= 0.6 is 0 Å². The molecule has 16 heteroatoms. The lowest BCUT2D eigenvalue weighted by Gasteiger charge is -2.32. The van der Waals surface area contributed by atoms with Crippen LogP contribution in [0.2, 0.25) is 0 Å². The van der Waals surface area contributed by atoms with Gasteiger partial charge < -0.3 is 56.7 Å². The van der Waals surface area contributed by atoms with Gasteiger partial charge in [-0.1, -0.05) is 0 Å². The summed E-state index contributed by atoms with van der Waals surface area (Å²) >= 11 is 0. The molecule has 0 fully saturated rings. The molecule has 0 bridgehead atoms. The molecule has 0 heterocycles. The van der Waals surface area contributed by atoms with Crippen molar-refractivity contribution in [1.82, 2.24) is 16.0 Å². The Labute approximate surface area is 199 Å². The molecule has 0 aliphatic rings. The fraction of sp³-hybridized carbons (Fsp3) is 0.684. The van der Waals surface area contributed by atoms with Crippen LogP contribution in [0.1, 0.15) is 26.7 Å². The highest BCUT2D eigenvalue weighted by Crippen LogP contribution is 2.12. The van der Waals surface area contributed by atoms with Crippen molar-refractivity contribution >= 4 is 35.9 Å². The minimum atomic E-state index is -1.96. The largest absolute Gasteiger partial charge is 0.481 e. The van der Waals surface area contributed by atoms with Gasteiger partial charge in [-0.15, -0.1) is 0 Å². The van der Waals surface area contributed by atoms with Gasteiger partial charge in [-0.25, -0.2) is 0 Å². The van der Waals surface area contributed by atoms with E-state index in [2.05, 4.69) is 10.6 Å². The lowest BCUT2D eigenvalue weighted by atomic mass is 10.0. The molecule has 3 unspecified atom stereocenters. The van der Waals surface area contributed by atoms with Gasteiger partial charge >= 0.3 is 5.97 Å². The summed E-state index contributed by atoms with van der Waals surface area (Å²) in [4.78, 5) is 69.7. The zero-order valence-corrected chi connectivity index (χ0v) is 19.1. The first kappa shape index (κ1) is 31.8. The Morgan fingerprint density at radius 2 is 1.60 bits per heavy atom. The van der Waals surface area contributed by atoms with Crippen LogP contribution in [-0.2, 0) is 33.5 Å². The third-order valence-electron chi connectivity index (χ3n) is 4.68. The normalized spacial score (nSPS) is 17.0. The minimum absolute atomic E-state index is 0.118. The number of hydrogen-bond acceptors (Lipinski definition) is 11. The number of carboxylic acids is 1. The number of hydrogen-bond donors (Lipinski definition) is 9. The number of nitrogens with one attached hydrogen (secondary N) is 3. The molecule has 200 valence electrons. The second kappa shape index (κ2) is 15.7. The zero-order chi connectivity index (χ0) is 27.3. The minimum Gasteiger partial charge on any atom is -0.481 e. The van der Waals surface area contributed by atoms with Gasteiger partial charge in [0.05, 0.1) is 6.61 Å². The predicted octanol–water partition coefficient (Wildman–Crippen LogP) is -5.51. The molecule has 0 saturated carbocycles. The quantitative estimate of drug-likeness (QED) is 0.0832. The van der Waals surface area contributed by atoms with Crippen molar-refractivity contribution in [3.63, 3.8) is 0 Å². The van der Waals surface area contributed by atoms with E-state index in [-0.39, 0.29) is 12.7 Å². The number of ether oxygens (including phenoxy) is 1. The van der Waals surface area contributed by atoms with Crippen LogP contribution in [0.5, 0.6) is 0 Å². The molecule has 0 radical (unpaired) electrons. The topological polar surface area (TPSA) is 275 Å². The van der Waals surface area contributed by atoms with E-state index in [1.54, 1.807) is 0 Å². The van der Waals surface area contributed by atoms with E-state index in [0.29, 0.717) is 0 Å². The van der Waals surface area contributed by atoms with Crippen molar-refractivity contribution in [2.45, 2.75) is 69.2 Å². The number of aliphatic carboxylic acids is 1. The molecule has 16 nitrogen and oxygen atoms in total. The number of primary amides is 1. The highest BCUT2D eigenvalue weighted by molar-refractivity contribution is 5.92. The van der Waals surface area contributed by atoms with E-state index < -0.39 is 91.8 Å². The highest BCUT2D eigenvalue weighted by atomic mass is 16.5. The number of aliphatic hydroxyl groups is 4. The van der Waals surface area contributed by atoms with Crippen LogP contribution in [0.25, 0.3) is 0 Å². The van der Waals surface area contributed by atoms with Gasteiger partial charge in [0.2, 0.25) is 23.6 Å². The van der Waals surface area contributed by atoms with E-state index in [0.717, 1.165) is 6.92 Å². The Bertz CT molecular complexity index is 764. The smallest absolute Gasteiger partial charge is 0.303 e. The number of aliphatic hydroxyl groups excluding tert-OH is 4. The van der Waals surface area contributed by atoms with Gasteiger partial charge in [0, 0.05) is 6.42 Å². The maximum Gasteiger partial charge on any atom is 0.303 e. The third-order valence-corrected chi connectivity index (χ3v) is 4.68. The third kappa shape index (κ3) is 11.2. The summed E-state index contributed by atoms with van der Waals surface area (Å²) in [7, 11) is 0. The molecule has 0 aromatic heterocycles. The zero-order valence-electron chi connectivity index (χ0n) is 19.1. The summed E-state index contributed by atoms with van der Waals surface area (Å²) in [5, 5.41) is 53.0. The van der Waals surface area contributed by atoms with Crippen LogP contribution in [0, 0.1) is 0 Å². The Morgan fingerprint density at radius 3 is 2.06 bits per heavy atom. The molecule has 0 spiro atoms. The number of amides is 4. The number of nitrogens with two attached hydrogens (primary N) is 1. The maximum absolute atomic E-state index is 12.5. The first-order chi connectivity index (χ1) is 16.3. The average Bonchev–Trinajstić information content (AvgIpc) is 2.81. The molecular weight excluding hydrogens is 476 g/mol. The van der Waals surface area contributed by atoms with E-state index in [4.69, 9.17) is 25.8 Å². The molecule has 0 rings (SSSR count). The molecular formula is C19H32N4O12. The van der Waals surface area contributed by atoms with Crippen LogP contribution in [-0.4, -0.2) is 117 Å². The average molecular weight is 508 g/mol. The summed E-state index contributed by atoms with van der Waals surface area (Å²) in [6, 6.07) is -4.23. The van der Waals surface area contributed by atoms with Gasteiger partial charge in [-0.3, -0.25) is 24.0 Å². The van der Waals surface area contributed by atoms with E-state index in [1.807, 2.05) is 5.32 Å². The standard InChI is InChI=1S/C19H32N4O12/c1-8(18(33)23-10(17(20)32)3-4-14(29)30)21-19(34)9(2)35-16(15(31)12(27)6-25)11(5-24)22-13(28)7-26/h5,8-12,15-16,25-27,31H,3-4,6-7H2,1-2H3,(H2,20,32)(H,21,34)(H,22,28)(H,23,33)(H,29,30)/t8?,9?,10?,11-,12+,15+,16+/m0/s1. The number of carbonyl (C=O) groups excluding carboxylic acids is 5. The summed E-state index contributed by atoms with van der Waals surface area (Å²) in [5.74, 6) is -5.07. The van der Waals surface area contributed by atoms with Gasteiger partial charge in [0.15, 0.2) is 0 Å². The molecule has 0 aliphatic heterocycles. The number of carbonyl (C=O) groups is 6. The van der Waals surface area contributed by atoms with Crippen molar-refractivity contribution < 1.29 is 59.0 Å². The Hall–Kier alpha value is -3.18. The number of carboxylic acid groups (broad SMARTS) is 1.